The van der Waals surface area contributed by atoms with Gasteiger partial charge in [-0.25, -0.2) is 8.42 Å². The molecule has 2 heterocycles. The largest absolute Gasteiger partial charge is 0.380 e. The molecule has 19 heavy (non-hydrogen) atoms. The molecule has 1 aromatic rings. The first-order valence-corrected chi connectivity index (χ1v) is 8.08. The van der Waals surface area contributed by atoms with E-state index < -0.39 is 10.0 Å². The van der Waals surface area contributed by atoms with Crippen LogP contribution in [0.5, 0.6) is 0 Å². The third-order valence-corrected chi connectivity index (χ3v) is 5.47. The normalized spacial score (nSPS) is 25.2. The van der Waals surface area contributed by atoms with Crippen LogP contribution in [-0.2, 0) is 14.8 Å². The van der Waals surface area contributed by atoms with Crippen LogP contribution in [0.4, 0.5) is 5.69 Å². The predicted molar refractivity (Wildman–Crippen MR) is 73.6 cm³/mol. The standard InChI is InChI=1S/C13H18N2O3S/c16-19(17,14-11-4-2-1-3-5-11)13-8-15(9-13)12-6-7-18-10-12/h1-5,12-14H,6-10H2. The minimum absolute atomic E-state index is 0.312. The molecule has 1 aromatic carbocycles. The minimum atomic E-state index is -3.27. The highest BCUT2D eigenvalue weighted by molar-refractivity contribution is 7.93. The Balaban J connectivity index is 1.58. The third kappa shape index (κ3) is 2.75. The smallest absolute Gasteiger partial charge is 0.238 e. The molecule has 5 nitrogen and oxygen atoms in total. The average molecular weight is 282 g/mol. The van der Waals surface area contributed by atoms with Crippen molar-refractivity contribution in [3.8, 4) is 0 Å². The van der Waals surface area contributed by atoms with E-state index >= 15 is 0 Å². The molecular formula is C13H18N2O3S. The summed E-state index contributed by atoms with van der Waals surface area (Å²) in [5.41, 5.74) is 0.630. The van der Waals surface area contributed by atoms with Gasteiger partial charge in [0.2, 0.25) is 10.0 Å². The van der Waals surface area contributed by atoms with E-state index in [9.17, 15) is 8.42 Å². The summed E-state index contributed by atoms with van der Waals surface area (Å²) in [7, 11) is -3.27. The fourth-order valence-corrected chi connectivity index (χ4v) is 3.93. The number of rotatable bonds is 4. The van der Waals surface area contributed by atoms with Crippen molar-refractivity contribution in [3.63, 3.8) is 0 Å². The Morgan fingerprint density at radius 2 is 1.95 bits per heavy atom. The van der Waals surface area contributed by atoms with Crippen molar-refractivity contribution in [2.24, 2.45) is 0 Å². The topological polar surface area (TPSA) is 58.6 Å². The highest BCUT2D eigenvalue weighted by Crippen LogP contribution is 2.24. The summed E-state index contributed by atoms with van der Waals surface area (Å²) >= 11 is 0. The van der Waals surface area contributed by atoms with Gasteiger partial charge in [0.15, 0.2) is 0 Å². The van der Waals surface area contributed by atoms with E-state index in [1.54, 1.807) is 12.1 Å². The van der Waals surface area contributed by atoms with Crippen LogP contribution in [0.25, 0.3) is 0 Å². The Morgan fingerprint density at radius 3 is 2.58 bits per heavy atom. The molecule has 0 spiro atoms. The third-order valence-electron chi connectivity index (χ3n) is 3.77. The van der Waals surface area contributed by atoms with Crippen molar-refractivity contribution in [2.75, 3.05) is 31.0 Å². The summed E-state index contributed by atoms with van der Waals surface area (Å²) in [4.78, 5) is 2.20. The van der Waals surface area contributed by atoms with Gasteiger partial charge in [-0.3, -0.25) is 9.62 Å². The van der Waals surface area contributed by atoms with Gasteiger partial charge < -0.3 is 4.74 Å². The Morgan fingerprint density at radius 1 is 1.21 bits per heavy atom. The fraction of sp³-hybridized carbons (Fsp3) is 0.538. The SMILES string of the molecule is O=S(=O)(Nc1ccccc1)C1CN(C2CCOC2)C1. The lowest BCUT2D eigenvalue weighted by Gasteiger charge is -2.41. The number of benzene rings is 1. The van der Waals surface area contributed by atoms with E-state index in [1.807, 2.05) is 18.2 Å². The minimum Gasteiger partial charge on any atom is -0.380 e. The molecule has 2 fully saturated rings. The van der Waals surface area contributed by atoms with Crippen molar-refractivity contribution in [3.05, 3.63) is 30.3 Å². The lowest BCUT2D eigenvalue weighted by atomic mass is 10.1. The van der Waals surface area contributed by atoms with E-state index in [-0.39, 0.29) is 5.25 Å². The number of sulfonamides is 1. The van der Waals surface area contributed by atoms with E-state index in [0.29, 0.717) is 24.8 Å². The monoisotopic (exact) mass is 282 g/mol. The molecule has 0 amide bonds. The number of hydrogen-bond acceptors (Lipinski definition) is 4. The molecule has 0 aromatic heterocycles. The van der Waals surface area contributed by atoms with Gasteiger partial charge in [0.05, 0.1) is 6.61 Å². The number of para-hydroxylation sites is 1. The van der Waals surface area contributed by atoms with Gasteiger partial charge in [0.25, 0.3) is 0 Å². The lowest BCUT2D eigenvalue weighted by Crippen LogP contribution is -2.59. The maximum absolute atomic E-state index is 12.2. The van der Waals surface area contributed by atoms with Gasteiger partial charge in [0, 0.05) is 31.4 Å². The van der Waals surface area contributed by atoms with Crippen LogP contribution < -0.4 is 4.72 Å². The van der Waals surface area contributed by atoms with Crippen LogP contribution in [-0.4, -0.2) is 50.9 Å². The Hall–Kier alpha value is -1.11. The molecule has 0 bridgehead atoms. The van der Waals surface area contributed by atoms with Crippen molar-refractivity contribution in [1.82, 2.24) is 4.90 Å². The van der Waals surface area contributed by atoms with Gasteiger partial charge in [-0.05, 0) is 18.6 Å². The summed E-state index contributed by atoms with van der Waals surface area (Å²) in [6.45, 7) is 2.74. The molecule has 0 saturated carbocycles. The molecule has 2 aliphatic rings. The van der Waals surface area contributed by atoms with Crippen molar-refractivity contribution < 1.29 is 13.2 Å². The van der Waals surface area contributed by atoms with Crippen LogP contribution in [0.3, 0.4) is 0 Å². The number of nitrogens with zero attached hydrogens (tertiary/aromatic N) is 1. The molecule has 1 N–H and O–H groups in total. The predicted octanol–water partition coefficient (Wildman–Crippen LogP) is 0.901. The first kappa shape index (κ1) is 12.9. The molecule has 2 aliphatic heterocycles. The van der Waals surface area contributed by atoms with Gasteiger partial charge >= 0.3 is 0 Å². The van der Waals surface area contributed by atoms with Gasteiger partial charge in [-0.1, -0.05) is 18.2 Å². The zero-order valence-corrected chi connectivity index (χ0v) is 11.5. The molecule has 0 radical (unpaired) electrons. The summed E-state index contributed by atoms with van der Waals surface area (Å²) in [5.74, 6) is 0. The second-order valence-corrected chi connectivity index (χ2v) is 7.07. The highest BCUT2D eigenvalue weighted by atomic mass is 32.2. The molecule has 1 unspecified atom stereocenters. The van der Waals surface area contributed by atoms with Crippen LogP contribution in [0.1, 0.15) is 6.42 Å². The zero-order valence-electron chi connectivity index (χ0n) is 10.7. The highest BCUT2D eigenvalue weighted by Gasteiger charge is 2.41. The number of hydrogen-bond donors (Lipinski definition) is 1. The molecule has 1 atom stereocenters. The zero-order chi connectivity index (χ0) is 13.3. The van der Waals surface area contributed by atoms with Gasteiger partial charge in [-0.2, -0.15) is 0 Å². The average Bonchev–Trinajstić information content (AvgIpc) is 2.80. The van der Waals surface area contributed by atoms with Crippen LogP contribution in [0, 0.1) is 0 Å². The second kappa shape index (κ2) is 5.11. The summed E-state index contributed by atoms with van der Waals surface area (Å²) in [5, 5.41) is -0.312. The van der Waals surface area contributed by atoms with Gasteiger partial charge in [-0.15, -0.1) is 0 Å². The Bertz CT molecular complexity index is 520. The van der Waals surface area contributed by atoms with Crippen LogP contribution in [0.15, 0.2) is 30.3 Å². The summed E-state index contributed by atoms with van der Waals surface area (Å²) in [6, 6.07) is 9.44. The maximum Gasteiger partial charge on any atom is 0.238 e. The molecule has 104 valence electrons. The molecule has 2 saturated heterocycles. The molecule has 3 rings (SSSR count). The fourth-order valence-electron chi connectivity index (χ4n) is 2.53. The molecular weight excluding hydrogens is 264 g/mol. The van der Waals surface area contributed by atoms with Gasteiger partial charge in [0.1, 0.15) is 5.25 Å². The van der Waals surface area contributed by atoms with E-state index in [4.69, 9.17) is 4.74 Å². The quantitative estimate of drug-likeness (QED) is 0.891. The number of ether oxygens (including phenoxy) is 1. The molecule has 6 heteroatoms. The Kier molecular flexibility index (Phi) is 3.47. The second-order valence-electron chi connectivity index (χ2n) is 5.11. The van der Waals surface area contributed by atoms with Crippen molar-refractivity contribution >= 4 is 15.7 Å². The van der Waals surface area contributed by atoms with Crippen LogP contribution >= 0.6 is 0 Å². The first-order valence-electron chi connectivity index (χ1n) is 6.53. The molecule has 0 aliphatic carbocycles. The summed E-state index contributed by atoms with van der Waals surface area (Å²) < 4.78 is 32.3. The van der Waals surface area contributed by atoms with Crippen molar-refractivity contribution in [2.45, 2.75) is 17.7 Å². The maximum atomic E-state index is 12.2. The van der Waals surface area contributed by atoms with Crippen molar-refractivity contribution in [1.29, 1.82) is 0 Å². The van der Waals surface area contributed by atoms with E-state index in [2.05, 4.69) is 9.62 Å². The lowest BCUT2D eigenvalue weighted by molar-refractivity contribution is 0.100. The first-order chi connectivity index (χ1) is 9.15. The summed E-state index contributed by atoms with van der Waals surface area (Å²) in [6.07, 6.45) is 1.01. The van der Waals surface area contributed by atoms with E-state index in [1.165, 1.54) is 0 Å². The Labute approximate surface area is 113 Å². The number of anilines is 1. The van der Waals surface area contributed by atoms with E-state index in [0.717, 1.165) is 19.6 Å². The van der Waals surface area contributed by atoms with Crippen LogP contribution in [0.2, 0.25) is 0 Å². The number of likely N-dealkylation sites (tertiary alicyclic amines) is 1. The number of nitrogens with one attached hydrogen (secondary N) is 1.